The van der Waals surface area contributed by atoms with Gasteiger partial charge in [0, 0.05) is 39.3 Å². The van der Waals surface area contributed by atoms with E-state index in [4.69, 9.17) is 11.5 Å². The Labute approximate surface area is 419 Å². The number of rotatable bonds is 51. The second kappa shape index (κ2) is 47.9. The minimum Gasteiger partial charge on any atom is -0.368 e. The summed E-state index contributed by atoms with van der Waals surface area (Å²) < 4.78 is 0. The summed E-state index contributed by atoms with van der Waals surface area (Å²) in [5.74, 6) is -1.28. The van der Waals surface area contributed by atoms with Crippen LogP contribution in [0.2, 0.25) is 0 Å². The van der Waals surface area contributed by atoms with Crippen molar-refractivity contribution in [2.24, 2.45) is 17.4 Å². The summed E-state index contributed by atoms with van der Waals surface area (Å²) in [5.41, 5.74) is 11.4. The van der Waals surface area contributed by atoms with Gasteiger partial charge in [-0.15, -0.1) is 0 Å². The van der Waals surface area contributed by atoms with Gasteiger partial charge in [0.25, 0.3) is 0 Å². The summed E-state index contributed by atoms with van der Waals surface area (Å²) in [6, 6.07) is 0. The van der Waals surface area contributed by atoms with Crippen LogP contribution in [0.15, 0.2) is 0 Å². The van der Waals surface area contributed by atoms with Crippen molar-refractivity contribution in [3.63, 3.8) is 0 Å². The number of carbonyl (C=O) groups excluding carboxylic acids is 5. The first-order valence-electron chi connectivity index (χ1n) is 28.9. The molecule has 400 valence electrons. The molecule has 0 saturated carbocycles. The van der Waals surface area contributed by atoms with Gasteiger partial charge in [-0.25, -0.2) is 0 Å². The third-order valence-electron chi connectivity index (χ3n) is 13.7. The fourth-order valence-electron chi connectivity index (χ4n) is 9.12. The SMILES string of the molecule is CCCCCCCCCCCCN(CC(=O)N(CCCCCCCCCCCC)CC(=O)N(CCCCCCCCCCCC)CC(=O)N(CC(N)=O)CC(CC)CCCC)C(=O)CNCCN. The van der Waals surface area contributed by atoms with E-state index < -0.39 is 5.91 Å². The Morgan fingerprint density at radius 3 is 1.01 bits per heavy atom. The van der Waals surface area contributed by atoms with Crippen LogP contribution in [0.1, 0.15) is 253 Å². The molecule has 0 saturated heterocycles. The Hall–Kier alpha value is -2.73. The third kappa shape index (κ3) is 38.1. The van der Waals surface area contributed by atoms with E-state index in [-0.39, 0.29) is 62.3 Å². The van der Waals surface area contributed by atoms with Crippen LogP contribution >= 0.6 is 0 Å². The van der Waals surface area contributed by atoms with Gasteiger partial charge in [-0.05, 0) is 31.6 Å². The predicted molar refractivity (Wildman–Crippen MR) is 286 cm³/mol. The van der Waals surface area contributed by atoms with Crippen LogP contribution in [0.4, 0.5) is 0 Å². The number of nitrogens with zero attached hydrogens (tertiary/aromatic N) is 4. The molecule has 0 aliphatic carbocycles. The normalized spacial score (nSPS) is 11.7. The molecule has 0 spiro atoms. The molecular formula is C56H111N7O5. The van der Waals surface area contributed by atoms with Gasteiger partial charge in [-0.2, -0.15) is 0 Å². The van der Waals surface area contributed by atoms with Gasteiger partial charge in [-0.1, -0.05) is 227 Å². The summed E-state index contributed by atoms with van der Waals surface area (Å²) in [6.07, 6.45) is 38.7. The van der Waals surface area contributed by atoms with Crippen molar-refractivity contribution in [1.82, 2.24) is 24.9 Å². The summed E-state index contributed by atoms with van der Waals surface area (Å²) in [5, 5.41) is 3.12. The van der Waals surface area contributed by atoms with Crippen LogP contribution in [0.5, 0.6) is 0 Å². The van der Waals surface area contributed by atoms with E-state index in [0.29, 0.717) is 39.3 Å². The molecule has 5 N–H and O–H groups in total. The second-order valence-corrected chi connectivity index (χ2v) is 20.1. The molecule has 0 aromatic heterocycles. The molecule has 0 aliphatic rings. The van der Waals surface area contributed by atoms with Crippen molar-refractivity contribution in [2.75, 3.05) is 72.0 Å². The number of hydrogen-bond acceptors (Lipinski definition) is 7. The largest absolute Gasteiger partial charge is 0.368 e. The van der Waals surface area contributed by atoms with Gasteiger partial charge in [0.1, 0.15) is 0 Å². The second-order valence-electron chi connectivity index (χ2n) is 20.1. The zero-order valence-electron chi connectivity index (χ0n) is 45.4. The maximum absolute atomic E-state index is 14.6. The van der Waals surface area contributed by atoms with E-state index in [1.54, 1.807) is 19.6 Å². The Bertz CT molecular complexity index is 1220. The maximum Gasteiger partial charge on any atom is 0.242 e. The molecule has 12 nitrogen and oxygen atoms in total. The monoisotopic (exact) mass is 962 g/mol. The van der Waals surface area contributed by atoms with E-state index in [0.717, 1.165) is 96.3 Å². The zero-order valence-corrected chi connectivity index (χ0v) is 45.4. The van der Waals surface area contributed by atoms with Gasteiger partial charge in [0.05, 0.1) is 32.7 Å². The average Bonchev–Trinajstić information content (AvgIpc) is 3.32. The topological polar surface area (TPSA) is 162 Å². The van der Waals surface area contributed by atoms with Gasteiger partial charge >= 0.3 is 0 Å². The Kier molecular flexibility index (Phi) is 46.0. The molecule has 0 radical (unpaired) electrons. The molecule has 12 heteroatoms. The van der Waals surface area contributed by atoms with Crippen LogP contribution in [0.25, 0.3) is 0 Å². The minimum atomic E-state index is -0.570. The number of primary amides is 1. The lowest BCUT2D eigenvalue weighted by molar-refractivity contribution is -0.146. The molecule has 0 heterocycles. The molecule has 68 heavy (non-hydrogen) atoms. The highest BCUT2D eigenvalue weighted by Crippen LogP contribution is 2.17. The lowest BCUT2D eigenvalue weighted by atomic mass is 9.98. The summed E-state index contributed by atoms with van der Waals surface area (Å²) >= 11 is 0. The fourth-order valence-corrected chi connectivity index (χ4v) is 9.12. The number of hydrogen-bond donors (Lipinski definition) is 3. The molecule has 0 fully saturated rings. The number of unbranched alkanes of at least 4 members (excludes halogenated alkanes) is 28. The van der Waals surface area contributed by atoms with Crippen LogP contribution < -0.4 is 16.8 Å². The Morgan fingerprint density at radius 1 is 0.397 bits per heavy atom. The molecule has 5 amide bonds. The Morgan fingerprint density at radius 2 is 0.706 bits per heavy atom. The maximum atomic E-state index is 14.6. The zero-order chi connectivity index (χ0) is 50.3. The smallest absolute Gasteiger partial charge is 0.242 e. The van der Waals surface area contributed by atoms with Crippen LogP contribution in [-0.4, -0.2) is 121 Å². The van der Waals surface area contributed by atoms with Crippen LogP contribution in [0.3, 0.4) is 0 Å². The lowest BCUT2D eigenvalue weighted by Gasteiger charge is -2.32. The summed E-state index contributed by atoms with van der Waals surface area (Å²) in [7, 11) is 0. The average molecular weight is 963 g/mol. The first kappa shape index (κ1) is 65.3. The van der Waals surface area contributed by atoms with Crippen molar-refractivity contribution in [2.45, 2.75) is 253 Å². The van der Waals surface area contributed by atoms with Gasteiger partial charge in [0.15, 0.2) is 0 Å². The molecule has 0 aliphatic heterocycles. The van der Waals surface area contributed by atoms with Crippen molar-refractivity contribution in [3.8, 4) is 0 Å². The third-order valence-corrected chi connectivity index (χ3v) is 13.7. The first-order valence-corrected chi connectivity index (χ1v) is 28.9. The van der Waals surface area contributed by atoms with E-state index in [9.17, 15) is 24.0 Å². The molecular weight excluding hydrogens is 851 g/mol. The van der Waals surface area contributed by atoms with Gasteiger partial charge < -0.3 is 36.4 Å². The van der Waals surface area contributed by atoms with Crippen molar-refractivity contribution < 1.29 is 24.0 Å². The molecule has 0 rings (SSSR count). The van der Waals surface area contributed by atoms with E-state index in [1.165, 1.54) is 122 Å². The highest BCUT2D eigenvalue weighted by Gasteiger charge is 2.28. The van der Waals surface area contributed by atoms with Crippen molar-refractivity contribution in [3.05, 3.63) is 0 Å². The standard InChI is InChI=1S/C56H111N7O5/c1-6-11-15-18-21-24-27-30-33-36-42-60(53(65)45-59-41-40-57)48-54(66)61(43-37-34-31-28-25-22-19-16-12-7-2)49-55(67)62(44-38-35-32-29-26-23-20-17-13-8-3)50-56(68)63(47-52(58)64)46-51(10-5)39-14-9-4/h51,59H,6-50,57H2,1-5H3,(H2,58,64). The van der Waals surface area contributed by atoms with Gasteiger partial charge in [-0.3, -0.25) is 24.0 Å². The number of nitrogens with one attached hydrogen (secondary N) is 1. The van der Waals surface area contributed by atoms with E-state index in [1.807, 2.05) is 0 Å². The van der Waals surface area contributed by atoms with Gasteiger partial charge in [0.2, 0.25) is 29.5 Å². The first-order chi connectivity index (χ1) is 33.1. The predicted octanol–water partition coefficient (Wildman–Crippen LogP) is 11.3. The minimum absolute atomic E-state index is 0.0917. The lowest BCUT2D eigenvalue weighted by Crippen LogP contribution is -2.51. The molecule has 0 bridgehead atoms. The quantitative estimate of drug-likeness (QED) is 0.0511. The number of nitrogens with two attached hydrogens (primary N) is 2. The van der Waals surface area contributed by atoms with E-state index in [2.05, 4.69) is 39.9 Å². The number of carbonyl (C=O) groups is 5. The molecule has 1 atom stereocenters. The highest BCUT2D eigenvalue weighted by atomic mass is 16.2. The van der Waals surface area contributed by atoms with Crippen LogP contribution in [-0.2, 0) is 24.0 Å². The number of amides is 5. The van der Waals surface area contributed by atoms with Crippen molar-refractivity contribution in [1.29, 1.82) is 0 Å². The summed E-state index contributed by atoms with van der Waals surface area (Å²) in [4.78, 5) is 75.6. The highest BCUT2D eigenvalue weighted by molar-refractivity contribution is 5.91. The van der Waals surface area contributed by atoms with Crippen molar-refractivity contribution >= 4 is 29.5 Å². The summed E-state index contributed by atoms with van der Waals surface area (Å²) in [6.45, 7) is 13.1. The molecule has 0 aromatic rings. The Balaban J connectivity index is 6.26. The van der Waals surface area contributed by atoms with Crippen LogP contribution in [0, 0.1) is 5.92 Å². The molecule has 1 unspecified atom stereocenters. The van der Waals surface area contributed by atoms with E-state index >= 15 is 0 Å². The fraction of sp³-hybridized carbons (Fsp3) is 0.911. The molecule has 0 aromatic carbocycles.